The van der Waals surface area contributed by atoms with Gasteiger partial charge in [0.05, 0.1) is 18.0 Å². The molecule has 1 saturated heterocycles. The zero-order valence-electron chi connectivity index (χ0n) is 18.2. The minimum Gasteiger partial charge on any atom is -0.505 e. The van der Waals surface area contributed by atoms with Crippen molar-refractivity contribution in [1.82, 2.24) is 9.88 Å². The number of ether oxygens (including phenoxy) is 1. The largest absolute Gasteiger partial charge is 0.505 e. The lowest BCUT2D eigenvalue weighted by Crippen LogP contribution is -2.33. The third-order valence-electron chi connectivity index (χ3n) is 6.90. The van der Waals surface area contributed by atoms with Crippen LogP contribution in [0, 0.1) is 23.1 Å². The van der Waals surface area contributed by atoms with Crippen LogP contribution < -0.4 is 20.4 Å². The molecule has 1 aliphatic carbocycles. The number of hydrogen-bond acceptors (Lipinski definition) is 7. The number of aromatic hydroxyl groups is 1. The normalized spacial score (nSPS) is 19.6. The first kappa shape index (κ1) is 21.0. The molecule has 0 amide bonds. The molecule has 1 aromatic carbocycles. The monoisotopic (exact) mass is 456 g/mol. The van der Waals surface area contributed by atoms with Crippen LogP contribution in [0.15, 0.2) is 10.9 Å². The molecular weight excluding hydrogens is 431 g/mol. The van der Waals surface area contributed by atoms with E-state index in [0.29, 0.717) is 46.8 Å². The highest BCUT2D eigenvalue weighted by Crippen LogP contribution is 2.48. The highest BCUT2D eigenvalue weighted by atomic mass is 32.1. The molecule has 3 heterocycles. The molecule has 168 valence electrons. The lowest BCUT2D eigenvalue weighted by Gasteiger charge is -2.25. The maximum absolute atomic E-state index is 15.5. The Labute approximate surface area is 188 Å². The number of thiophene rings is 1. The molecule has 5 rings (SSSR count). The predicted octanol–water partition coefficient (Wildman–Crippen LogP) is 3.71. The number of nitrogens with zero attached hydrogens (tertiary/aromatic N) is 3. The van der Waals surface area contributed by atoms with Gasteiger partial charge in [-0.1, -0.05) is 0 Å². The van der Waals surface area contributed by atoms with Crippen molar-refractivity contribution < 1.29 is 14.2 Å². The number of hydrogen-bond donors (Lipinski definition) is 2. The van der Waals surface area contributed by atoms with Crippen LogP contribution in [0.2, 0.25) is 0 Å². The average Bonchev–Trinajstić information content (AvgIpc) is 3.41. The number of pyridine rings is 1. The summed E-state index contributed by atoms with van der Waals surface area (Å²) in [7, 11) is 3.43. The van der Waals surface area contributed by atoms with Gasteiger partial charge in [0.2, 0.25) is 5.43 Å². The van der Waals surface area contributed by atoms with E-state index in [4.69, 9.17) is 4.74 Å². The van der Waals surface area contributed by atoms with Crippen molar-refractivity contribution in [3.05, 3.63) is 27.0 Å². The number of halogens is 1. The molecule has 1 saturated carbocycles. The van der Waals surface area contributed by atoms with E-state index in [1.165, 1.54) is 13.2 Å². The smallest absolute Gasteiger partial charge is 0.202 e. The molecule has 7 nitrogen and oxygen atoms in total. The molecule has 0 spiro atoms. The van der Waals surface area contributed by atoms with Crippen LogP contribution in [0.25, 0.3) is 21.1 Å². The Hall–Kier alpha value is -2.83. The summed E-state index contributed by atoms with van der Waals surface area (Å²) in [6.45, 7) is 3.51. The van der Waals surface area contributed by atoms with Crippen LogP contribution in [0.3, 0.4) is 0 Å². The van der Waals surface area contributed by atoms with Gasteiger partial charge in [0.25, 0.3) is 0 Å². The third kappa shape index (κ3) is 2.97. The van der Waals surface area contributed by atoms with Gasteiger partial charge in [-0.05, 0) is 45.2 Å². The maximum Gasteiger partial charge on any atom is 0.202 e. The fourth-order valence-corrected chi connectivity index (χ4v) is 5.99. The Morgan fingerprint density at radius 1 is 1.41 bits per heavy atom. The zero-order chi connectivity index (χ0) is 22.7. The van der Waals surface area contributed by atoms with Gasteiger partial charge in [0, 0.05) is 25.2 Å². The van der Waals surface area contributed by atoms with Crippen LogP contribution >= 0.6 is 11.3 Å². The number of nitriles is 1. The molecule has 9 heteroatoms. The molecule has 32 heavy (non-hydrogen) atoms. The van der Waals surface area contributed by atoms with E-state index in [-0.39, 0.29) is 27.4 Å². The second kappa shape index (κ2) is 7.64. The van der Waals surface area contributed by atoms with Gasteiger partial charge in [0.1, 0.15) is 26.9 Å². The second-order valence-electron chi connectivity index (χ2n) is 8.71. The van der Waals surface area contributed by atoms with E-state index in [2.05, 4.69) is 12.2 Å². The summed E-state index contributed by atoms with van der Waals surface area (Å²) in [4.78, 5) is 16.0. The Bertz CT molecular complexity index is 1340. The molecule has 0 bridgehead atoms. The topological polar surface area (TPSA) is 90.5 Å². The van der Waals surface area contributed by atoms with E-state index >= 15 is 4.39 Å². The summed E-state index contributed by atoms with van der Waals surface area (Å²) in [5, 5.41) is 23.5. The van der Waals surface area contributed by atoms with Gasteiger partial charge in [-0.2, -0.15) is 5.26 Å². The molecular formula is C23H25FN4O3S. The molecule has 2 fully saturated rings. The fourth-order valence-electron chi connectivity index (χ4n) is 4.92. The van der Waals surface area contributed by atoms with Gasteiger partial charge in [-0.25, -0.2) is 4.39 Å². The van der Waals surface area contributed by atoms with E-state index < -0.39 is 11.2 Å². The van der Waals surface area contributed by atoms with Crippen LogP contribution in [-0.2, 0) is 0 Å². The average molecular weight is 457 g/mol. The van der Waals surface area contributed by atoms with Gasteiger partial charge in [-0.3, -0.25) is 4.79 Å². The fraction of sp³-hybridized carbons (Fsp3) is 0.478. The first-order valence-electron chi connectivity index (χ1n) is 10.8. The van der Waals surface area contributed by atoms with Gasteiger partial charge < -0.3 is 24.6 Å². The quantitative estimate of drug-likeness (QED) is 0.608. The predicted molar refractivity (Wildman–Crippen MR) is 124 cm³/mol. The molecule has 1 aliphatic heterocycles. The Kier molecular flexibility index (Phi) is 5.02. The van der Waals surface area contributed by atoms with Crippen LogP contribution in [-0.4, -0.2) is 43.0 Å². The number of nitrogens with one attached hydrogen (secondary N) is 1. The van der Waals surface area contributed by atoms with Crippen molar-refractivity contribution in [3.63, 3.8) is 0 Å². The van der Waals surface area contributed by atoms with E-state index in [9.17, 15) is 15.2 Å². The summed E-state index contributed by atoms with van der Waals surface area (Å²) in [5.74, 6) is -0.114. The number of rotatable bonds is 5. The summed E-state index contributed by atoms with van der Waals surface area (Å²) in [6, 6.07) is 3.66. The number of anilines is 1. The molecule has 2 atom stereocenters. The molecule has 2 aromatic heterocycles. The first-order chi connectivity index (χ1) is 15.4. The molecule has 2 aliphatic rings. The summed E-state index contributed by atoms with van der Waals surface area (Å²) in [6.07, 6.45) is 2.76. The minimum absolute atomic E-state index is 0.0873. The lowest BCUT2D eigenvalue weighted by atomic mass is 10.0. The Morgan fingerprint density at radius 2 is 2.16 bits per heavy atom. The summed E-state index contributed by atoms with van der Waals surface area (Å²) >= 11 is 1.10. The first-order valence-corrected chi connectivity index (χ1v) is 11.6. The van der Waals surface area contributed by atoms with Gasteiger partial charge in [-0.15, -0.1) is 11.3 Å². The van der Waals surface area contributed by atoms with Crippen LogP contribution in [0.4, 0.5) is 10.1 Å². The highest BCUT2D eigenvalue weighted by Gasteiger charge is 2.35. The maximum atomic E-state index is 15.5. The van der Waals surface area contributed by atoms with Crippen molar-refractivity contribution in [2.75, 3.05) is 32.1 Å². The van der Waals surface area contributed by atoms with Gasteiger partial charge in [0.15, 0.2) is 17.3 Å². The van der Waals surface area contributed by atoms with Crippen LogP contribution in [0.5, 0.6) is 11.5 Å². The Morgan fingerprint density at radius 3 is 2.78 bits per heavy atom. The summed E-state index contributed by atoms with van der Waals surface area (Å²) < 4.78 is 23.3. The van der Waals surface area contributed by atoms with Crippen molar-refractivity contribution in [1.29, 1.82) is 5.26 Å². The standard InChI is InChI=1S/C23H25FN4O3S/c1-11(26-2)12-6-7-27(10-12)19-15(24)8-14-18(22(19)31-3)28(13-4-5-13)23-17(20(14)29)21(30)16(9-25)32-23/h8,11-13,26,30H,4-7,10H2,1-3H3/t11-,12+/m0/s1. The van der Waals surface area contributed by atoms with E-state index in [1.54, 1.807) is 0 Å². The third-order valence-corrected chi connectivity index (χ3v) is 7.98. The summed E-state index contributed by atoms with van der Waals surface area (Å²) in [5.41, 5.74) is 0.439. The Balaban J connectivity index is 1.82. The highest BCUT2D eigenvalue weighted by molar-refractivity contribution is 7.19. The molecule has 3 aromatic rings. The van der Waals surface area contributed by atoms with E-state index in [1.807, 2.05) is 22.6 Å². The minimum atomic E-state index is -0.513. The molecule has 0 radical (unpaired) electrons. The SMILES string of the molecule is CN[C@@H](C)[C@@H]1CCN(c2c(F)cc3c(=O)c4c(O)c(C#N)sc4n(C4CC4)c3c2OC)C1. The van der Waals surface area contributed by atoms with Crippen molar-refractivity contribution in [2.45, 2.75) is 38.3 Å². The number of fused-ring (bicyclic) bond motifs is 2. The van der Waals surface area contributed by atoms with E-state index in [0.717, 1.165) is 30.6 Å². The second-order valence-corrected chi connectivity index (χ2v) is 9.71. The zero-order valence-corrected chi connectivity index (χ0v) is 19.1. The number of methoxy groups -OCH3 is 1. The van der Waals surface area contributed by atoms with Crippen molar-refractivity contribution >= 4 is 38.1 Å². The van der Waals surface area contributed by atoms with Gasteiger partial charge >= 0.3 is 0 Å². The lowest BCUT2D eigenvalue weighted by molar-refractivity contribution is 0.411. The number of aromatic nitrogens is 1. The molecule has 2 N–H and O–H groups in total. The van der Waals surface area contributed by atoms with Crippen molar-refractivity contribution in [2.24, 2.45) is 5.92 Å². The molecule has 0 unspecified atom stereocenters. The van der Waals surface area contributed by atoms with Crippen LogP contribution in [0.1, 0.15) is 37.1 Å². The number of benzene rings is 1. The van der Waals surface area contributed by atoms with Crippen molar-refractivity contribution in [3.8, 4) is 17.6 Å².